The molecule has 0 aliphatic heterocycles. The third-order valence-corrected chi connectivity index (χ3v) is 10.5. The van der Waals surface area contributed by atoms with Crippen LogP contribution in [0.1, 0.15) is 162 Å². The van der Waals surface area contributed by atoms with Crippen molar-refractivity contribution in [3.63, 3.8) is 0 Å². The van der Waals surface area contributed by atoms with Crippen molar-refractivity contribution in [1.82, 2.24) is 5.32 Å². The number of allylic oxidation sites excluding steroid dienone is 12. The van der Waals surface area contributed by atoms with E-state index in [0.29, 0.717) is 23.9 Å². The molecule has 4 unspecified atom stereocenters. The minimum absolute atomic E-state index is 0.0534. The standard InChI is InChI=1S/C47H85N2O7P/c1-6-8-10-12-14-16-18-20-21-22-23-24-25-26-27-28-30-32-34-36-38-40-46(51)48-44(43-56-57(53,54)55-42-41-49(3,4)5)47(52)45(50)39-37-35-33-31-29-19-17-15-13-11-9-7-2/h8,10,14,16,20-21,23-24,26-27,30,32,44-45,47,50,52H,6-7,9,11-13,15,17-19,22,25,28-29,31,33-43H2,1-5H3,(H-,48,51,53,54)/b10-8-,16-14-,21-20-,24-23-,27-26-,32-30-. The Labute approximate surface area is 349 Å². The number of hydrogen-bond donors (Lipinski definition) is 3. The maximum atomic E-state index is 12.9. The Bertz CT molecular complexity index is 1170. The van der Waals surface area contributed by atoms with Gasteiger partial charge in [-0.2, -0.15) is 0 Å². The first-order valence-corrected chi connectivity index (χ1v) is 23.8. The molecule has 0 saturated heterocycles. The molecule has 0 aromatic rings. The molecule has 57 heavy (non-hydrogen) atoms. The number of phosphoric ester groups is 1. The van der Waals surface area contributed by atoms with Gasteiger partial charge in [0.1, 0.15) is 19.3 Å². The maximum absolute atomic E-state index is 12.9. The molecule has 0 radical (unpaired) electrons. The van der Waals surface area contributed by atoms with E-state index in [-0.39, 0.29) is 18.9 Å². The van der Waals surface area contributed by atoms with Gasteiger partial charge >= 0.3 is 0 Å². The van der Waals surface area contributed by atoms with Crippen molar-refractivity contribution in [3.8, 4) is 0 Å². The van der Waals surface area contributed by atoms with Gasteiger partial charge in [0, 0.05) is 6.42 Å². The zero-order valence-electron chi connectivity index (χ0n) is 36.9. The Morgan fingerprint density at radius 3 is 1.58 bits per heavy atom. The second kappa shape index (κ2) is 38.1. The molecule has 330 valence electrons. The van der Waals surface area contributed by atoms with Crippen molar-refractivity contribution in [1.29, 1.82) is 0 Å². The number of quaternary nitrogens is 1. The zero-order valence-corrected chi connectivity index (χ0v) is 37.8. The van der Waals surface area contributed by atoms with Gasteiger partial charge in [-0.25, -0.2) is 0 Å². The molecular weight excluding hydrogens is 735 g/mol. The van der Waals surface area contributed by atoms with E-state index in [9.17, 15) is 24.5 Å². The van der Waals surface area contributed by atoms with E-state index < -0.39 is 32.7 Å². The van der Waals surface area contributed by atoms with Crippen LogP contribution in [-0.4, -0.2) is 79.8 Å². The number of nitrogens with one attached hydrogen (secondary N) is 1. The van der Waals surface area contributed by atoms with E-state index in [1.807, 2.05) is 21.1 Å². The lowest BCUT2D eigenvalue weighted by Gasteiger charge is -2.31. The summed E-state index contributed by atoms with van der Waals surface area (Å²) in [5.74, 6) is -0.324. The zero-order chi connectivity index (χ0) is 42.3. The Hall–Kier alpha value is -2.10. The fourth-order valence-electron chi connectivity index (χ4n) is 5.96. The number of phosphoric acid groups is 1. The molecule has 0 aliphatic carbocycles. The molecule has 0 fully saturated rings. The number of nitrogens with zero attached hydrogens (tertiary/aromatic N) is 1. The lowest BCUT2D eigenvalue weighted by Crippen LogP contribution is -2.51. The SMILES string of the molecule is CC/C=C\C/C=C\C/C=C\C/C=C\C/C=C\C/C=C\CCCCC(=O)NC(COP(=O)([O-])OCC[N+](C)(C)C)C(O)C(O)CCCCCCCCCCCCCC. The Balaban J connectivity index is 4.59. The average molecular weight is 821 g/mol. The first-order valence-electron chi connectivity index (χ1n) is 22.4. The van der Waals surface area contributed by atoms with Crippen LogP contribution in [-0.2, 0) is 18.4 Å². The number of likely N-dealkylation sites (N-methyl/N-ethyl adjacent to an activating group) is 1. The third kappa shape index (κ3) is 39.1. The molecule has 0 aromatic carbocycles. The number of rotatable bonds is 39. The molecule has 0 spiro atoms. The van der Waals surface area contributed by atoms with Gasteiger partial charge < -0.3 is 34.0 Å². The third-order valence-electron chi connectivity index (χ3n) is 9.55. The van der Waals surface area contributed by atoms with E-state index in [1.54, 1.807) is 0 Å². The number of hydrogen-bond acceptors (Lipinski definition) is 7. The van der Waals surface area contributed by atoms with Gasteiger partial charge in [-0.3, -0.25) is 9.36 Å². The normalized spacial score (nSPS) is 15.6. The number of carbonyl (C=O) groups is 1. The number of aliphatic hydroxyl groups is 2. The Morgan fingerprint density at radius 2 is 1.11 bits per heavy atom. The molecule has 0 aliphatic rings. The summed E-state index contributed by atoms with van der Waals surface area (Å²) >= 11 is 0. The molecule has 0 saturated carbocycles. The Morgan fingerprint density at radius 1 is 0.649 bits per heavy atom. The molecule has 3 N–H and O–H groups in total. The highest BCUT2D eigenvalue weighted by molar-refractivity contribution is 7.45. The van der Waals surface area contributed by atoms with Crippen LogP contribution in [0.5, 0.6) is 0 Å². The van der Waals surface area contributed by atoms with Crippen LogP contribution < -0.4 is 10.2 Å². The summed E-state index contributed by atoms with van der Waals surface area (Å²) in [5.41, 5.74) is 0. The van der Waals surface area contributed by atoms with E-state index in [0.717, 1.165) is 77.0 Å². The van der Waals surface area contributed by atoms with Crippen LogP contribution in [0, 0.1) is 0 Å². The fraction of sp³-hybridized carbons (Fsp3) is 0.723. The van der Waals surface area contributed by atoms with Gasteiger partial charge in [0.2, 0.25) is 5.91 Å². The Kier molecular flexibility index (Phi) is 36.7. The molecule has 0 heterocycles. The van der Waals surface area contributed by atoms with E-state index in [1.165, 1.54) is 51.4 Å². The summed E-state index contributed by atoms with van der Waals surface area (Å²) in [6.07, 6.45) is 46.5. The minimum Gasteiger partial charge on any atom is -0.756 e. The van der Waals surface area contributed by atoms with E-state index in [2.05, 4.69) is 92.1 Å². The van der Waals surface area contributed by atoms with Crippen LogP contribution in [0.2, 0.25) is 0 Å². The van der Waals surface area contributed by atoms with Crippen LogP contribution in [0.4, 0.5) is 0 Å². The molecule has 9 nitrogen and oxygen atoms in total. The van der Waals surface area contributed by atoms with Crippen molar-refractivity contribution in [3.05, 3.63) is 72.9 Å². The number of unbranched alkanes of at least 4 members (excludes halogenated alkanes) is 13. The van der Waals surface area contributed by atoms with Crippen molar-refractivity contribution >= 4 is 13.7 Å². The van der Waals surface area contributed by atoms with Crippen molar-refractivity contribution in [2.24, 2.45) is 0 Å². The van der Waals surface area contributed by atoms with Crippen molar-refractivity contribution < 1.29 is 38.0 Å². The summed E-state index contributed by atoms with van der Waals surface area (Å²) in [6.45, 7) is 4.26. The lowest BCUT2D eigenvalue weighted by atomic mass is 9.99. The van der Waals surface area contributed by atoms with Crippen LogP contribution in [0.3, 0.4) is 0 Å². The number of carbonyl (C=O) groups excluding carboxylic acids is 1. The van der Waals surface area contributed by atoms with Crippen molar-refractivity contribution in [2.45, 2.75) is 180 Å². The average Bonchev–Trinajstić information content (AvgIpc) is 3.16. The lowest BCUT2D eigenvalue weighted by molar-refractivity contribution is -0.870. The number of amides is 1. The summed E-state index contributed by atoms with van der Waals surface area (Å²) in [6, 6.07) is -1.10. The summed E-state index contributed by atoms with van der Waals surface area (Å²) in [7, 11) is 1.08. The van der Waals surface area contributed by atoms with E-state index in [4.69, 9.17) is 9.05 Å². The van der Waals surface area contributed by atoms with Gasteiger partial charge in [0.25, 0.3) is 7.82 Å². The quantitative estimate of drug-likeness (QED) is 0.0244. The van der Waals surface area contributed by atoms with Crippen LogP contribution >= 0.6 is 7.82 Å². The van der Waals surface area contributed by atoms with Crippen molar-refractivity contribution in [2.75, 3.05) is 40.9 Å². The summed E-state index contributed by atoms with van der Waals surface area (Å²) in [5, 5.41) is 24.6. The van der Waals surface area contributed by atoms with Gasteiger partial charge in [0.15, 0.2) is 0 Å². The molecular formula is C47H85N2O7P. The first-order chi connectivity index (χ1) is 27.4. The van der Waals surface area contributed by atoms with E-state index >= 15 is 0 Å². The van der Waals surface area contributed by atoms with Gasteiger partial charge in [-0.1, -0.05) is 164 Å². The number of aliphatic hydroxyl groups excluding tert-OH is 2. The largest absolute Gasteiger partial charge is 0.756 e. The van der Waals surface area contributed by atoms with Crippen LogP contribution in [0.25, 0.3) is 0 Å². The van der Waals surface area contributed by atoms with Crippen LogP contribution in [0.15, 0.2) is 72.9 Å². The smallest absolute Gasteiger partial charge is 0.268 e. The monoisotopic (exact) mass is 821 g/mol. The predicted octanol–water partition coefficient (Wildman–Crippen LogP) is 10.8. The molecule has 4 atom stereocenters. The highest BCUT2D eigenvalue weighted by Crippen LogP contribution is 2.38. The molecule has 0 bridgehead atoms. The van der Waals surface area contributed by atoms with Gasteiger partial charge in [-0.05, 0) is 64.2 Å². The maximum Gasteiger partial charge on any atom is 0.268 e. The highest BCUT2D eigenvalue weighted by Gasteiger charge is 2.29. The van der Waals surface area contributed by atoms with Gasteiger partial charge in [-0.15, -0.1) is 0 Å². The second-order valence-corrected chi connectivity index (χ2v) is 17.6. The fourth-order valence-corrected chi connectivity index (χ4v) is 6.68. The highest BCUT2D eigenvalue weighted by atomic mass is 31.2. The molecule has 10 heteroatoms. The minimum atomic E-state index is -4.68. The molecule has 0 aromatic heterocycles. The first kappa shape index (κ1) is 54.9. The molecule has 1 amide bonds. The summed E-state index contributed by atoms with van der Waals surface area (Å²) in [4.78, 5) is 25.4. The predicted molar refractivity (Wildman–Crippen MR) is 239 cm³/mol. The molecule has 0 rings (SSSR count). The summed E-state index contributed by atoms with van der Waals surface area (Å²) < 4.78 is 23.1. The van der Waals surface area contributed by atoms with Gasteiger partial charge in [0.05, 0.1) is 39.9 Å². The topological polar surface area (TPSA) is 128 Å². The second-order valence-electron chi connectivity index (χ2n) is 16.2.